The minimum atomic E-state index is -4.66. The maximum atomic E-state index is 13.0. The van der Waals surface area contributed by atoms with Crippen LogP contribution in [0.1, 0.15) is 34.8 Å². The number of benzene rings is 1. The first-order chi connectivity index (χ1) is 14.9. The Bertz CT molecular complexity index is 1170. The van der Waals surface area contributed by atoms with Crippen molar-refractivity contribution in [2.24, 2.45) is 0 Å². The second kappa shape index (κ2) is 9.33. The van der Waals surface area contributed by atoms with Crippen molar-refractivity contribution in [2.45, 2.75) is 46.5 Å². The number of hydrogen-bond donors (Lipinski definition) is 1. The van der Waals surface area contributed by atoms with Crippen LogP contribution in [0.2, 0.25) is 15.1 Å². The number of hydrogen-bond acceptors (Lipinski definition) is 3. The molecule has 1 N–H and O–H groups in total. The van der Waals surface area contributed by atoms with Gasteiger partial charge in [-0.25, -0.2) is 0 Å². The largest absolute Gasteiger partial charge is 0.436 e. The van der Waals surface area contributed by atoms with E-state index < -0.39 is 16.9 Å². The van der Waals surface area contributed by atoms with Crippen LogP contribution in [0.25, 0.3) is 0 Å². The second-order valence-electron chi connectivity index (χ2n) is 7.21. The van der Waals surface area contributed by atoms with Crippen molar-refractivity contribution < 1.29 is 18.0 Å². The molecule has 0 saturated heterocycles. The maximum Gasteiger partial charge on any atom is 0.436 e. The molecule has 172 valence electrons. The Kier molecular flexibility index (Phi) is 7.12. The molecule has 0 atom stereocenters. The molecule has 32 heavy (non-hydrogen) atoms. The van der Waals surface area contributed by atoms with E-state index in [-0.39, 0.29) is 24.6 Å². The van der Waals surface area contributed by atoms with Crippen LogP contribution >= 0.6 is 34.8 Å². The predicted octanol–water partition coefficient (Wildman–Crippen LogP) is 6.06. The van der Waals surface area contributed by atoms with Crippen LogP contribution in [0.4, 0.5) is 18.9 Å². The minimum Gasteiger partial charge on any atom is -0.323 e. The van der Waals surface area contributed by atoms with Gasteiger partial charge in [0.25, 0.3) is 0 Å². The fraction of sp³-hybridized carbons (Fsp3) is 0.350. The summed E-state index contributed by atoms with van der Waals surface area (Å²) >= 11 is 17.9. The van der Waals surface area contributed by atoms with E-state index in [0.29, 0.717) is 33.7 Å². The van der Waals surface area contributed by atoms with E-state index in [2.05, 4.69) is 15.5 Å². The summed E-state index contributed by atoms with van der Waals surface area (Å²) in [7, 11) is 0. The Morgan fingerprint density at radius 3 is 2.34 bits per heavy atom. The lowest BCUT2D eigenvalue weighted by atomic mass is 10.2. The Morgan fingerprint density at radius 2 is 1.75 bits per heavy atom. The third-order valence-electron chi connectivity index (χ3n) is 4.93. The fourth-order valence-electron chi connectivity index (χ4n) is 3.18. The number of carbonyl (C=O) groups excluding carboxylic acids is 1. The van der Waals surface area contributed by atoms with Gasteiger partial charge in [0, 0.05) is 16.5 Å². The van der Waals surface area contributed by atoms with Crippen LogP contribution in [-0.4, -0.2) is 25.5 Å². The third kappa shape index (κ3) is 5.22. The summed E-state index contributed by atoms with van der Waals surface area (Å²) in [4.78, 5) is 12.5. The zero-order chi connectivity index (χ0) is 23.8. The molecule has 0 aliphatic rings. The summed E-state index contributed by atoms with van der Waals surface area (Å²) in [5.41, 5.74) is 1.63. The molecule has 6 nitrogen and oxygen atoms in total. The molecular weight excluding hydrogens is 490 g/mol. The van der Waals surface area contributed by atoms with Crippen LogP contribution in [0.5, 0.6) is 0 Å². The smallest absolute Gasteiger partial charge is 0.323 e. The number of aryl methyl sites for hydroxylation is 2. The van der Waals surface area contributed by atoms with Gasteiger partial charge in [0.15, 0.2) is 5.69 Å². The van der Waals surface area contributed by atoms with Crippen LogP contribution in [0.15, 0.2) is 18.2 Å². The number of nitrogens with zero attached hydrogens (tertiary/aromatic N) is 4. The highest BCUT2D eigenvalue weighted by Gasteiger charge is 2.38. The lowest BCUT2D eigenvalue weighted by Gasteiger charge is -2.09. The SMILES string of the molecule is Cc1nn(Cc2ccc(Cl)cc2Cl)c(C)c1NC(=O)CCn1nc(C(F)(F)F)c(Cl)c1C. The second-order valence-corrected chi connectivity index (χ2v) is 8.43. The zero-order valence-corrected chi connectivity index (χ0v) is 19.6. The first-order valence-corrected chi connectivity index (χ1v) is 10.6. The van der Waals surface area contributed by atoms with Gasteiger partial charge in [0.2, 0.25) is 5.91 Å². The number of halogens is 6. The number of carbonyl (C=O) groups is 1. The molecule has 3 aromatic rings. The van der Waals surface area contributed by atoms with E-state index >= 15 is 0 Å². The van der Waals surface area contributed by atoms with Crippen molar-refractivity contribution in [3.05, 3.63) is 61.6 Å². The summed E-state index contributed by atoms with van der Waals surface area (Å²) in [6.07, 6.45) is -4.76. The van der Waals surface area contributed by atoms with E-state index in [1.54, 1.807) is 36.7 Å². The van der Waals surface area contributed by atoms with Gasteiger partial charge in [-0.3, -0.25) is 14.2 Å². The summed E-state index contributed by atoms with van der Waals surface area (Å²) in [6, 6.07) is 5.16. The van der Waals surface area contributed by atoms with Gasteiger partial charge in [0.1, 0.15) is 0 Å². The summed E-state index contributed by atoms with van der Waals surface area (Å²) < 4.78 is 41.7. The highest BCUT2D eigenvalue weighted by atomic mass is 35.5. The molecule has 12 heteroatoms. The summed E-state index contributed by atoms with van der Waals surface area (Å²) in [5, 5.41) is 11.3. The first-order valence-electron chi connectivity index (χ1n) is 9.46. The number of nitrogens with one attached hydrogen (secondary N) is 1. The first kappa shape index (κ1) is 24.4. The van der Waals surface area contributed by atoms with Crippen molar-refractivity contribution in [1.29, 1.82) is 0 Å². The van der Waals surface area contributed by atoms with Crippen molar-refractivity contribution in [2.75, 3.05) is 5.32 Å². The molecule has 0 radical (unpaired) electrons. The zero-order valence-electron chi connectivity index (χ0n) is 17.3. The molecule has 0 aliphatic carbocycles. The normalized spacial score (nSPS) is 11.8. The average molecular weight is 509 g/mol. The molecule has 0 unspecified atom stereocenters. The maximum absolute atomic E-state index is 13.0. The minimum absolute atomic E-state index is 0.0555. The molecule has 0 saturated carbocycles. The average Bonchev–Trinajstić information content (AvgIpc) is 3.13. The van der Waals surface area contributed by atoms with E-state index in [1.807, 2.05) is 0 Å². The molecule has 0 spiro atoms. The topological polar surface area (TPSA) is 64.7 Å². The van der Waals surface area contributed by atoms with Crippen LogP contribution in [-0.2, 0) is 24.1 Å². The Morgan fingerprint density at radius 1 is 1.06 bits per heavy atom. The monoisotopic (exact) mass is 507 g/mol. The molecule has 2 aromatic heterocycles. The lowest BCUT2D eigenvalue weighted by molar-refractivity contribution is -0.141. The van der Waals surface area contributed by atoms with Crippen molar-refractivity contribution in [1.82, 2.24) is 19.6 Å². The Balaban J connectivity index is 1.70. The molecule has 2 heterocycles. The Hall–Kier alpha value is -2.23. The predicted molar refractivity (Wildman–Crippen MR) is 117 cm³/mol. The highest BCUT2D eigenvalue weighted by Crippen LogP contribution is 2.35. The quantitative estimate of drug-likeness (QED) is 0.440. The Labute approximate surface area is 197 Å². The number of rotatable bonds is 6. The molecule has 3 rings (SSSR count). The van der Waals surface area contributed by atoms with Crippen LogP contribution in [0.3, 0.4) is 0 Å². The number of alkyl halides is 3. The summed E-state index contributed by atoms with van der Waals surface area (Å²) in [6.45, 7) is 5.29. The lowest BCUT2D eigenvalue weighted by Crippen LogP contribution is -2.17. The number of anilines is 1. The molecule has 0 aliphatic heterocycles. The van der Waals surface area contributed by atoms with Gasteiger partial charge >= 0.3 is 6.18 Å². The molecular formula is C20H19Cl3F3N5O. The fourth-order valence-corrected chi connectivity index (χ4v) is 3.89. The van der Waals surface area contributed by atoms with E-state index in [9.17, 15) is 18.0 Å². The van der Waals surface area contributed by atoms with Gasteiger partial charge < -0.3 is 5.32 Å². The third-order valence-corrected chi connectivity index (χ3v) is 5.97. The van der Waals surface area contributed by atoms with Gasteiger partial charge in [-0.1, -0.05) is 40.9 Å². The number of aromatic nitrogens is 4. The van der Waals surface area contributed by atoms with Gasteiger partial charge in [0.05, 0.1) is 40.9 Å². The molecule has 1 amide bonds. The van der Waals surface area contributed by atoms with Gasteiger partial charge in [-0.2, -0.15) is 23.4 Å². The van der Waals surface area contributed by atoms with Crippen molar-refractivity contribution in [3.8, 4) is 0 Å². The van der Waals surface area contributed by atoms with E-state index in [4.69, 9.17) is 34.8 Å². The van der Waals surface area contributed by atoms with Crippen molar-refractivity contribution >= 4 is 46.4 Å². The molecule has 0 fully saturated rings. The van der Waals surface area contributed by atoms with Gasteiger partial charge in [-0.05, 0) is 38.5 Å². The van der Waals surface area contributed by atoms with Crippen molar-refractivity contribution in [3.63, 3.8) is 0 Å². The van der Waals surface area contributed by atoms with Gasteiger partial charge in [-0.15, -0.1) is 0 Å². The van der Waals surface area contributed by atoms with Crippen LogP contribution in [0, 0.1) is 20.8 Å². The summed E-state index contributed by atoms with van der Waals surface area (Å²) in [5.74, 6) is -0.389. The van der Waals surface area contributed by atoms with E-state index in [1.165, 1.54) is 6.92 Å². The highest BCUT2D eigenvalue weighted by molar-refractivity contribution is 6.35. The van der Waals surface area contributed by atoms with Crippen LogP contribution < -0.4 is 5.32 Å². The molecule has 0 bridgehead atoms. The molecule has 1 aromatic carbocycles. The number of amides is 1. The standard InChI is InChI=1S/C20H19Cl3F3N5O/c1-10-18(12(3)31(28-10)9-13-4-5-14(21)8-15(13)22)27-16(32)6-7-30-11(2)17(23)19(29-30)20(24,25)26/h4-5,8H,6-7,9H2,1-3H3,(H,27,32). The van der Waals surface area contributed by atoms with E-state index in [0.717, 1.165) is 10.2 Å².